The molecule has 1 aliphatic rings. The van der Waals surface area contributed by atoms with Crippen molar-refractivity contribution in [3.63, 3.8) is 0 Å². The summed E-state index contributed by atoms with van der Waals surface area (Å²) >= 11 is 13.0. The summed E-state index contributed by atoms with van der Waals surface area (Å²) < 4.78 is 5.17. The molecule has 0 amide bonds. The molecule has 1 aromatic rings. The Morgan fingerprint density at radius 2 is 2.11 bits per heavy atom. The van der Waals surface area contributed by atoms with Gasteiger partial charge in [-0.1, -0.05) is 37.9 Å². The molecule has 2 rings (SSSR count). The van der Waals surface area contributed by atoms with Gasteiger partial charge in [-0.3, -0.25) is 0 Å². The number of ether oxygens (including phenoxy) is 1. The standard InChI is InChI=1S/C15H20Cl2O/c1-15(2)8-4-5-12(15)14(17)11-7-6-10(18-3)9-13(11)16/h6-7,9,12,14H,4-5,8H2,1-3H3. The van der Waals surface area contributed by atoms with Gasteiger partial charge in [0.25, 0.3) is 0 Å². The van der Waals surface area contributed by atoms with Crippen LogP contribution >= 0.6 is 23.2 Å². The Morgan fingerprint density at radius 1 is 1.39 bits per heavy atom. The summed E-state index contributed by atoms with van der Waals surface area (Å²) in [6.45, 7) is 4.61. The molecule has 0 aliphatic heterocycles. The van der Waals surface area contributed by atoms with Crippen LogP contribution in [-0.2, 0) is 0 Å². The lowest BCUT2D eigenvalue weighted by molar-refractivity contribution is 0.252. The van der Waals surface area contributed by atoms with Crippen molar-refractivity contribution in [3.05, 3.63) is 28.8 Å². The normalized spacial score (nSPS) is 23.9. The number of benzene rings is 1. The summed E-state index contributed by atoms with van der Waals surface area (Å²) in [4.78, 5) is 0. The molecule has 0 radical (unpaired) electrons. The van der Waals surface area contributed by atoms with E-state index in [1.807, 2.05) is 18.2 Å². The van der Waals surface area contributed by atoms with Gasteiger partial charge >= 0.3 is 0 Å². The van der Waals surface area contributed by atoms with Crippen molar-refractivity contribution in [2.75, 3.05) is 7.11 Å². The number of hydrogen-bond donors (Lipinski definition) is 0. The zero-order valence-electron chi connectivity index (χ0n) is 11.2. The molecule has 2 unspecified atom stereocenters. The van der Waals surface area contributed by atoms with Crippen LogP contribution in [0.4, 0.5) is 0 Å². The Hall–Kier alpha value is -0.400. The van der Waals surface area contributed by atoms with Crippen LogP contribution in [0.25, 0.3) is 0 Å². The van der Waals surface area contributed by atoms with Crippen LogP contribution in [0.15, 0.2) is 18.2 Å². The van der Waals surface area contributed by atoms with Crippen LogP contribution < -0.4 is 4.74 Å². The molecule has 18 heavy (non-hydrogen) atoms. The first-order chi connectivity index (χ1) is 8.45. The summed E-state index contributed by atoms with van der Waals surface area (Å²) in [7, 11) is 1.64. The fourth-order valence-corrected chi connectivity index (χ4v) is 3.97. The second-order valence-corrected chi connectivity index (χ2v) is 6.65. The maximum absolute atomic E-state index is 6.67. The maximum atomic E-state index is 6.67. The first kappa shape index (κ1) is 14.0. The van der Waals surface area contributed by atoms with Gasteiger partial charge in [0.05, 0.1) is 12.5 Å². The van der Waals surface area contributed by atoms with E-state index in [4.69, 9.17) is 27.9 Å². The van der Waals surface area contributed by atoms with E-state index < -0.39 is 0 Å². The van der Waals surface area contributed by atoms with Gasteiger partial charge in [0.1, 0.15) is 5.75 Å². The number of halogens is 2. The third-order valence-corrected chi connectivity index (χ3v) is 5.06. The predicted octanol–water partition coefficient (Wildman–Crippen LogP) is 5.45. The molecule has 0 saturated heterocycles. The van der Waals surface area contributed by atoms with E-state index in [2.05, 4.69) is 13.8 Å². The van der Waals surface area contributed by atoms with E-state index in [0.717, 1.165) is 11.3 Å². The lowest BCUT2D eigenvalue weighted by Crippen LogP contribution is -2.21. The minimum Gasteiger partial charge on any atom is -0.497 e. The number of hydrogen-bond acceptors (Lipinski definition) is 1. The molecule has 2 atom stereocenters. The van der Waals surface area contributed by atoms with Gasteiger partial charge < -0.3 is 4.74 Å². The Balaban J connectivity index is 2.26. The first-order valence-electron chi connectivity index (χ1n) is 6.43. The molecule has 0 N–H and O–H groups in total. The SMILES string of the molecule is COc1ccc(C(Cl)C2CCCC2(C)C)c(Cl)c1. The molecule has 0 heterocycles. The zero-order valence-corrected chi connectivity index (χ0v) is 12.7. The molecule has 0 aromatic heterocycles. The van der Waals surface area contributed by atoms with Gasteiger partial charge in [0, 0.05) is 5.02 Å². The summed E-state index contributed by atoms with van der Waals surface area (Å²) in [6, 6.07) is 5.76. The highest BCUT2D eigenvalue weighted by atomic mass is 35.5. The van der Waals surface area contributed by atoms with Crippen LogP contribution in [0, 0.1) is 11.3 Å². The number of methoxy groups -OCH3 is 1. The lowest BCUT2D eigenvalue weighted by atomic mass is 9.78. The van der Waals surface area contributed by atoms with Crippen LogP contribution in [-0.4, -0.2) is 7.11 Å². The van der Waals surface area contributed by atoms with E-state index >= 15 is 0 Å². The van der Waals surface area contributed by atoms with Crippen molar-refractivity contribution in [3.8, 4) is 5.75 Å². The van der Waals surface area contributed by atoms with Crippen LogP contribution in [0.1, 0.15) is 44.1 Å². The van der Waals surface area contributed by atoms with Gasteiger partial charge in [-0.05, 0) is 41.9 Å². The van der Waals surface area contributed by atoms with E-state index in [1.165, 1.54) is 19.3 Å². The number of rotatable bonds is 3. The monoisotopic (exact) mass is 286 g/mol. The van der Waals surface area contributed by atoms with Crippen molar-refractivity contribution in [2.45, 2.75) is 38.5 Å². The largest absolute Gasteiger partial charge is 0.497 e. The third-order valence-electron chi connectivity index (χ3n) is 4.20. The fraction of sp³-hybridized carbons (Fsp3) is 0.600. The second kappa shape index (κ2) is 5.30. The summed E-state index contributed by atoms with van der Waals surface area (Å²) in [5.41, 5.74) is 1.33. The van der Waals surface area contributed by atoms with Gasteiger partial charge in [-0.25, -0.2) is 0 Å². The topological polar surface area (TPSA) is 9.23 Å². The van der Waals surface area contributed by atoms with Gasteiger partial charge in [0.15, 0.2) is 0 Å². The van der Waals surface area contributed by atoms with Crippen LogP contribution in [0.5, 0.6) is 5.75 Å². The van der Waals surface area contributed by atoms with Crippen molar-refractivity contribution in [1.82, 2.24) is 0 Å². The second-order valence-electron chi connectivity index (χ2n) is 5.78. The minimum absolute atomic E-state index is 0.0130. The quantitative estimate of drug-likeness (QED) is 0.671. The minimum atomic E-state index is -0.0130. The van der Waals surface area contributed by atoms with Crippen molar-refractivity contribution < 1.29 is 4.74 Å². The molecular weight excluding hydrogens is 267 g/mol. The van der Waals surface area contributed by atoms with Crippen molar-refractivity contribution >= 4 is 23.2 Å². The van der Waals surface area contributed by atoms with E-state index in [0.29, 0.717) is 16.4 Å². The van der Waals surface area contributed by atoms with Gasteiger partial charge in [-0.15, -0.1) is 11.6 Å². The van der Waals surface area contributed by atoms with Gasteiger partial charge in [0.2, 0.25) is 0 Å². The highest BCUT2D eigenvalue weighted by Gasteiger charge is 2.39. The summed E-state index contributed by atoms with van der Waals surface area (Å²) in [5, 5.41) is 0.693. The molecule has 100 valence electrons. The highest BCUT2D eigenvalue weighted by Crippen LogP contribution is 2.52. The molecule has 1 aliphatic carbocycles. The zero-order chi connectivity index (χ0) is 13.3. The van der Waals surface area contributed by atoms with Crippen LogP contribution in [0.2, 0.25) is 5.02 Å². The van der Waals surface area contributed by atoms with Crippen LogP contribution in [0.3, 0.4) is 0 Å². The average Bonchev–Trinajstić information content (AvgIpc) is 2.68. The molecule has 1 aromatic carbocycles. The summed E-state index contributed by atoms with van der Waals surface area (Å²) in [6.07, 6.45) is 3.69. The maximum Gasteiger partial charge on any atom is 0.120 e. The van der Waals surface area contributed by atoms with E-state index in [-0.39, 0.29) is 5.38 Å². The van der Waals surface area contributed by atoms with E-state index in [9.17, 15) is 0 Å². The molecule has 1 saturated carbocycles. The Kier molecular flexibility index (Phi) is 4.13. The van der Waals surface area contributed by atoms with E-state index in [1.54, 1.807) is 7.11 Å². The number of alkyl halides is 1. The Labute approximate surface area is 119 Å². The third kappa shape index (κ3) is 2.62. The van der Waals surface area contributed by atoms with Crippen molar-refractivity contribution in [2.24, 2.45) is 11.3 Å². The Bertz CT molecular complexity index is 429. The molecule has 1 fully saturated rings. The molecule has 3 heteroatoms. The molecule has 0 spiro atoms. The highest BCUT2D eigenvalue weighted by molar-refractivity contribution is 6.33. The lowest BCUT2D eigenvalue weighted by Gasteiger charge is -2.31. The molecule has 0 bridgehead atoms. The smallest absolute Gasteiger partial charge is 0.120 e. The summed E-state index contributed by atoms with van der Waals surface area (Å²) in [5.74, 6) is 1.27. The molecular formula is C15H20Cl2O. The molecule has 1 nitrogen and oxygen atoms in total. The van der Waals surface area contributed by atoms with Crippen molar-refractivity contribution in [1.29, 1.82) is 0 Å². The predicted molar refractivity (Wildman–Crippen MR) is 77.7 cm³/mol. The van der Waals surface area contributed by atoms with Gasteiger partial charge in [-0.2, -0.15) is 0 Å². The fourth-order valence-electron chi connectivity index (χ4n) is 2.97. The Morgan fingerprint density at radius 3 is 2.61 bits per heavy atom. The first-order valence-corrected chi connectivity index (χ1v) is 7.24. The average molecular weight is 287 g/mol.